The van der Waals surface area contributed by atoms with Gasteiger partial charge in [0.1, 0.15) is 16.0 Å². The zero-order chi connectivity index (χ0) is 14.5. The van der Waals surface area contributed by atoms with Gasteiger partial charge in [-0.3, -0.25) is 4.79 Å². The highest BCUT2D eigenvalue weighted by atomic mass is 32.1. The lowest BCUT2D eigenvalue weighted by atomic mass is 10.1. The summed E-state index contributed by atoms with van der Waals surface area (Å²) in [5, 5.41) is 16.4. The molecular weight excluding hydrogens is 278 g/mol. The van der Waals surface area contributed by atoms with E-state index in [4.69, 9.17) is 4.74 Å². The quantitative estimate of drug-likeness (QED) is 0.714. The molecule has 3 atom stereocenters. The minimum atomic E-state index is -0.384. The topological polar surface area (TPSA) is 83.5 Å². The van der Waals surface area contributed by atoms with Crippen LogP contribution >= 0.6 is 11.3 Å². The summed E-state index contributed by atoms with van der Waals surface area (Å²) >= 11 is 1.35. The van der Waals surface area contributed by atoms with E-state index >= 15 is 0 Å². The Balaban J connectivity index is 1.86. The predicted molar refractivity (Wildman–Crippen MR) is 76.9 cm³/mol. The van der Waals surface area contributed by atoms with Gasteiger partial charge in [0, 0.05) is 32.2 Å². The number of carbonyl (C=O) groups is 1. The van der Waals surface area contributed by atoms with Crippen molar-refractivity contribution in [3.8, 4) is 0 Å². The zero-order valence-corrected chi connectivity index (χ0v) is 12.6. The van der Waals surface area contributed by atoms with Gasteiger partial charge in [0.05, 0.1) is 12.3 Å². The summed E-state index contributed by atoms with van der Waals surface area (Å²) in [5.74, 6) is -0.0646. The lowest BCUT2D eigenvalue weighted by Gasteiger charge is -2.13. The first-order chi connectivity index (χ1) is 9.61. The van der Waals surface area contributed by atoms with Crippen molar-refractivity contribution in [1.82, 2.24) is 15.6 Å². The molecule has 3 unspecified atom stereocenters. The maximum Gasteiger partial charge on any atom is 0.263 e. The number of amides is 1. The SMILES string of the molecule is CCOC(C)c1ncc(C(=O)NCC2CNCC2O)s1. The summed E-state index contributed by atoms with van der Waals surface area (Å²) in [5.41, 5.74) is 0. The number of hydrogen-bond acceptors (Lipinski definition) is 6. The molecule has 0 aromatic carbocycles. The fourth-order valence-electron chi connectivity index (χ4n) is 2.14. The molecule has 0 saturated carbocycles. The van der Waals surface area contributed by atoms with Crippen molar-refractivity contribution in [2.45, 2.75) is 26.1 Å². The van der Waals surface area contributed by atoms with Crippen LogP contribution in [0.4, 0.5) is 0 Å². The maximum absolute atomic E-state index is 12.0. The number of carbonyl (C=O) groups excluding carboxylic acids is 1. The van der Waals surface area contributed by atoms with Gasteiger partial charge in [-0.15, -0.1) is 11.3 Å². The monoisotopic (exact) mass is 299 g/mol. The van der Waals surface area contributed by atoms with Crippen molar-refractivity contribution < 1.29 is 14.6 Å². The summed E-state index contributed by atoms with van der Waals surface area (Å²) in [4.78, 5) is 16.8. The number of thiazole rings is 1. The molecule has 0 radical (unpaired) electrons. The predicted octanol–water partition coefficient (Wildman–Crippen LogP) is 0.551. The van der Waals surface area contributed by atoms with E-state index in [2.05, 4.69) is 15.6 Å². The van der Waals surface area contributed by atoms with E-state index in [0.29, 0.717) is 24.6 Å². The van der Waals surface area contributed by atoms with Gasteiger partial charge in [-0.25, -0.2) is 4.98 Å². The van der Waals surface area contributed by atoms with Crippen LogP contribution in [0.5, 0.6) is 0 Å². The molecule has 1 aliphatic rings. The normalized spacial score (nSPS) is 23.8. The number of aliphatic hydroxyl groups excluding tert-OH is 1. The number of β-amino-alcohol motifs (C(OH)–C–C–N with tert-alkyl or cyclic N) is 1. The van der Waals surface area contributed by atoms with Crippen LogP contribution in [0.1, 0.15) is 34.6 Å². The van der Waals surface area contributed by atoms with Crippen molar-refractivity contribution >= 4 is 17.2 Å². The van der Waals surface area contributed by atoms with Crippen LogP contribution in [0.3, 0.4) is 0 Å². The molecule has 112 valence electrons. The van der Waals surface area contributed by atoms with Gasteiger partial charge in [-0.2, -0.15) is 0 Å². The smallest absolute Gasteiger partial charge is 0.263 e. The van der Waals surface area contributed by atoms with Crippen LogP contribution in [-0.2, 0) is 4.74 Å². The van der Waals surface area contributed by atoms with Crippen molar-refractivity contribution in [3.05, 3.63) is 16.1 Å². The van der Waals surface area contributed by atoms with Gasteiger partial charge in [-0.1, -0.05) is 0 Å². The van der Waals surface area contributed by atoms with Crippen LogP contribution in [0.25, 0.3) is 0 Å². The summed E-state index contributed by atoms with van der Waals surface area (Å²) in [6, 6.07) is 0. The van der Waals surface area contributed by atoms with Crippen LogP contribution in [-0.4, -0.2) is 48.3 Å². The molecule has 1 amide bonds. The highest BCUT2D eigenvalue weighted by Crippen LogP contribution is 2.22. The molecule has 1 saturated heterocycles. The Morgan fingerprint density at radius 2 is 2.50 bits per heavy atom. The van der Waals surface area contributed by atoms with Crippen molar-refractivity contribution in [2.24, 2.45) is 5.92 Å². The number of ether oxygens (including phenoxy) is 1. The fourth-order valence-corrected chi connectivity index (χ4v) is 2.98. The standard InChI is InChI=1S/C13H21N3O3S/c1-3-19-8(2)13-16-7-11(20-13)12(18)15-5-9-4-14-6-10(9)17/h7-10,14,17H,3-6H2,1-2H3,(H,15,18). The van der Waals surface area contributed by atoms with Crippen LogP contribution in [0.15, 0.2) is 6.20 Å². The maximum atomic E-state index is 12.0. The Kier molecular flexibility index (Phi) is 5.47. The molecule has 3 N–H and O–H groups in total. The van der Waals surface area contributed by atoms with Gasteiger partial charge >= 0.3 is 0 Å². The summed E-state index contributed by atoms with van der Waals surface area (Å²) in [7, 11) is 0. The van der Waals surface area contributed by atoms with E-state index in [1.165, 1.54) is 11.3 Å². The lowest BCUT2D eigenvalue weighted by Crippen LogP contribution is -2.34. The number of rotatable bonds is 6. The van der Waals surface area contributed by atoms with Gasteiger partial charge < -0.3 is 20.5 Å². The molecule has 7 heteroatoms. The minimum absolute atomic E-state index is 0.0775. The average Bonchev–Trinajstić information content (AvgIpc) is 3.05. The van der Waals surface area contributed by atoms with Gasteiger partial charge in [0.15, 0.2) is 0 Å². The molecule has 1 aromatic heterocycles. The summed E-state index contributed by atoms with van der Waals surface area (Å²) in [6.07, 6.45) is 1.10. The van der Waals surface area contributed by atoms with Crippen molar-refractivity contribution in [3.63, 3.8) is 0 Å². The number of aliphatic hydroxyl groups is 1. The Morgan fingerprint density at radius 3 is 3.15 bits per heavy atom. The Labute approximate surface area is 122 Å². The number of hydrogen-bond donors (Lipinski definition) is 3. The largest absolute Gasteiger partial charge is 0.391 e. The first-order valence-electron chi connectivity index (χ1n) is 6.86. The number of nitrogens with one attached hydrogen (secondary N) is 2. The Hall–Kier alpha value is -1.02. The molecule has 1 fully saturated rings. The van der Waals surface area contributed by atoms with E-state index in [1.54, 1.807) is 6.20 Å². The first-order valence-corrected chi connectivity index (χ1v) is 7.67. The van der Waals surface area contributed by atoms with Crippen LogP contribution < -0.4 is 10.6 Å². The molecule has 2 rings (SSSR count). The molecular formula is C13H21N3O3S. The third kappa shape index (κ3) is 3.76. The van der Waals surface area contributed by atoms with E-state index in [9.17, 15) is 9.90 Å². The second-order valence-corrected chi connectivity index (χ2v) is 5.92. The van der Waals surface area contributed by atoms with Gasteiger partial charge in [0.25, 0.3) is 5.91 Å². The highest BCUT2D eigenvalue weighted by molar-refractivity contribution is 7.13. The van der Waals surface area contributed by atoms with E-state index in [1.807, 2.05) is 13.8 Å². The van der Waals surface area contributed by atoms with E-state index in [-0.39, 0.29) is 24.0 Å². The molecule has 2 heterocycles. The van der Waals surface area contributed by atoms with Gasteiger partial charge in [-0.05, 0) is 13.8 Å². The second kappa shape index (κ2) is 7.12. The summed E-state index contributed by atoms with van der Waals surface area (Å²) in [6.45, 7) is 6.27. The molecule has 20 heavy (non-hydrogen) atoms. The Bertz CT molecular complexity index is 452. The molecule has 0 spiro atoms. The lowest BCUT2D eigenvalue weighted by molar-refractivity contribution is 0.0762. The van der Waals surface area contributed by atoms with Crippen molar-refractivity contribution in [1.29, 1.82) is 0 Å². The number of nitrogens with zero attached hydrogens (tertiary/aromatic N) is 1. The summed E-state index contributed by atoms with van der Waals surface area (Å²) < 4.78 is 5.45. The molecule has 6 nitrogen and oxygen atoms in total. The van der Waals surface area contributed by atoms with Crippen LogP contribution in [0.2, 0.25) is 0 Å². The second-order valence-electron chi connectivity index (χ2n) is 4.86. The zero-order valence-electron chi connectivity index (χ0n) is 11.8. The molecule has 1 aliphatic heterocycles. The van der Waals surface area contributed by atoms with Crippen LogP contribution in [0, 0.1) is 5.92 Å². The minimum Gasteiger partial charge on any atom is -0.391 e. The third-order valence-corrected chi connectivity index (χ3v) is 4.50. The molecule has 0 bridgehead atoms. The van der Waals surface area contributed by atoms with E-state index in [0.717, 1.165) is 11.6 Å². The highest BCUT2D eigenvalue weighted by Gasteiger charge is 2.25. The van der Waals surface area contributed by atoms with Crippen molar-refractivity contribution in [2.75, 3.05) is 26.2 Å². The Morgan fingerprint density at radius 1 is 1.70 bits per heavy atom. The first kappa shape index (κ1) is 15.4. The van der Waals surface area contributed by atoms with Gasteiger partial charge in [0.2, 0.25) is 0 Å². The van der Waals surface area contributed by atoms with E-state index < -0.39 is 0 Å². The average molecular weight is 299 g/mol. The third-order valence-electron chi connectivity index (χ3n) is 3.34. The fraction of sp³-hybridized carbons (Fsp3) is 0.692. The molecule has 0 aliphatic carbocycles. The number of aromatic nitrogens is 1. The molecule has 1 aromatic rings.